The molecule has 5 N–H and O–H groups in total. The second-order valence-electron chi connectivity index (χ2n) is 3.51. The summed E-state index contributed by atoms with van der Waals surface area (Å²) in [6.07, 6.45) is 0.112. The predicted octanol–water partition coefficient (Wildman–Crippen LogP) is -0.696. The lowest BCUT2D eigenvalue weighted by molar-refractivity contribution is -0.0230. The van der Waals surface area contributed by atoms with Gasteiger partial charge < -0.3 is 21.1 Å². The van der Waals surface area contributed by atoms with E-state index in [0.717, 1.165) is 0 Å². The first-order valence-electron chi connectivity index (χ1n) is 4.57. The Morgan fingerprint density at radius 2 is 2.14 bits per heavy atom. The average molecular weight is 199 g/mol. The van der Waals surface area contributed by atoms with Crippen molar-refractivity contribution in [3.8, 4) is 0 Å². The van der Waals surface area contributed by atoms with E-state index >= 15 is 0 Å². The number of aliphatic imine (C=N–C) groups is 1. The second-order valence-corrected chi connectivity index (χ2v) is 3.51. The molecule has 0 aromatic heterocycles. The topological polar surface area (TPSA) is 101 Å². The fourth-order valence-corrected chi connectivity index (χ4v) is 1.38. The van der Waals surface area contributed by atoms with Gasteiger partial charge in [0.05, 0.1) is 18.8 Å². The molecule has 1 aliphatic heterocycles. The quantitative estimate of drug-likeness (QED) is 0.355. The lowest BCUT2D eigenvalue weighted by atomic mass is 10.2. The van der Waals surface area contributed by atoms with Gasteiger partial charge in [-0.2, -0.15) is 4.99 Å². The van der Waals surface area contributed by atoms with E-state index in [9.17, 15) is 0 Å². The molecule has 0 saturated carbocycles. The Morgan fingerprint density at radius 3 is 2.71 bits per heavy atom. The summed E-state index contributed by atoms with van der Waals surface area (Å²) in [6.45, 7) is 5.19. The molecule has 2 atom stereocenters. The van der Waals surface area contributed by atoms with Gasteiger partial charge in [0, 0.05) is 6.54 Å². The van der Waals surface area contributed by atoms with E-state index in [1.54, 1.807) is 0 Å². The number of ether oxygens (including phenoxy) is 1. The number of morpholine rings is 1. The third kappa shape index (κ3) is 2.59. The predicted molar refractivity (Wildman–Crippen MR) is 55.1 cm³/mol. The molecule has 80 valence electrons. The van der Waals surface area contributed by atoms with Crippen molar-refractivity contribution < 1.29 is 4.74 Å². The van der Waals surface area contributed by atoms with Crippen molar-refractivity contribution in [2.24, 2.45) is 16.5 Å². The van der Waals surface area contributed by atoms with Gasteiger partial charge in [-0.15, -0.1) is 0 Å². The zero-order chi connectivity index (χ0) is 10.7. The Morgan fingerprint density at radius 1 is 1.50 bits per heavy atom. The third-order valence-electron chi connectivity index (χ3n) is 2.11. The van der Waals surface area contributed by atoms with E-state index < -0.39 is 0 Å². The summed E-state index contributed by atoms with van der Waals surface area (Å²) in [4.78, 5) is 5.54. The number of hydrogen-bond acceptors (Lipinski definition) is 2. The molecular formula is C8H17N5O. The van der Waals surface area contributed by atoms with Crippen LogP contribution in [0.5, 0.6) is 0 Å². The fourth-order valence-electron chi connectivity index (χ4n) is 1.38. The number of guanidine groups is 2. The Labute approximate surface area is 83.4 Å². The maximum atomic E-state index is 7.66. The fraction of sp³-hybridized carbons (Fsp3) is 0.750. The summed E-state index contributed by atoms with van der Waals surface area (Å²) in [6, 6.07) is 0.141. The zero-order valence-electron chi connectivity index (χ0n) is 8.53. The van der Waals surface area contributed by atoms with E-state index in [1.165, 1.54) is 0 Å². The minimum atomic E-state index is -0.0821. The van der Waals surface area contributed by atoms with Crippen LogP contribution >= 0.6 is 0 Å². The van der Waals surface area contributed by atoms with Gasteiger partial charge in [0.15, 0.2) is 5.96 Å². The Kier molecular flexibility index (Phi) is 3.29. The summed E-state index contributed by atoms with van der Waals surface area (Å²) >= 11 is 0. The smallest absolute Gasteiger partial charge is 0.221 e. The van der Waals surface area contributed by atoms with Gasteiger partial charge in [0.1, 0.15) is 0 Å². The largest absolute Gasteiger partial charge is 0.375 e. The molecular weight excluding hydrogens is 182 g/mol. The van der Waals surface area contributed by atoms with Gasteiger partial charge in [-0.1, -0.05) is 0 Å². The molecule has 1 aliphatic rings. The first kappa shape index (κ1) is 10.8. The highest BCUT2D eigenvalue weighted by molar-refractivity contribution is 5.91. The number of nitrogens with two attached hydrogens (primary N) is 2. The Hall–Kier alpha value is -1.30. The van der Waals surface area contributed by atoms with Crippen LogP contribution in [0.2, 0.25) is 0 Å². The number of nitrogens with one attached hydrogen (secondary N) is 1. The van der Waals surface area contributed by atoms with Crippen molar-refractivity contribution in [2.45, 2.75) is 26.0 Å². The second kappa shape index (κ2) is 4.28. The van der Waals surface area contributed by atoms with Crippen molar-refractivity contribution in [1.29, 1.82) is 5.41 Å². The zero-order valence-corrected chi connectivity index (χ0v) is 8.53. The molecule has 14 heavy (non-hydrogen) atoms. The monoisotopic (exact) mass is 199 g/mol. The minimum absolute atomic E-state index is 0.0821. The van der Waals surface area contributed by atoms with Gasteiger partial charge in [-0.3, -0.25) is 5.41 Å². The first-order chi connectivity index (χ1) is 6.50. The van der Waals surface area contributed by atoms with Crippen molar-refractivity contribution in [3.63, 3.8) is 0 Å². The summed E-state index contributed by atoms with van der Waals surface area (Å²) in [5, 5.41) is 7.66. The molecule has 0 bridgehead atoms. The molecule has 2 unspecified atom stereocenters. The standard InChI is InChI=1S/C8H17N5O/c1-5-4-14-6(2)3-13(5)8(11)12-7(9)10/h5-6H,3-4H2,1-2H3,(H5,9,10,11,12). The summed E-state index contributed by atoms with van der Waals surface area (Å²) in [5.74, 6) is 0.0222. The molecule has 6 nitrogen and oxygen atoms in total. The molecule has 0 amide bonds. The van der Waals surface area contributed by atoms with Crippen LogP contribution in [-0.2, 0) is 4.74 Å². The lowest BCUT2D eigenvalue weighted by Gasteiger charge is -2.36. The molecule has 0 aromatic carbocycles. The summed E-state index contributed by atoms with van der Waals surface area (Å²) < 4.78 is 5.43. The number of nitrogens with zero attached hydrogens (tertiary/aromatic N) is 2. The van der Waals surface area contributed by atoms with E-state index in [2.05, 4.69) is 4.99 Å². The highest BCUT2D eigenvalue weighted by atomic mass is 16.5. The molecule has 1 heterocycles. The van der Waals surface area contributed by atoms with Gasteiger partial charge in [0.2, 0.25) is 5.96 Å². The Bertz CT molecular complexity index is 248. The van der Waals surface area contributed by atoms with Crippen LogP contribution in [-0.4, -0.2) is 42.1 Å². The van der Waals surface area contributed by atoms with Crippen LogP contribution in [0.4, 0.5) is 0 Å². The molecule has 6 heteroatoms. The molecule has 1 rings (SSSR count). The SMILES string of the molecule is CC1CN(C(=N)N=C(N)N)C(C)CO1. The first-order valence-corrected chi connectivity index (χ1v) is 4.57. The highest BCUT2D eigenvalue weighted by Gasteiger charge is 2.25. The molecule has 0 aromatic rings. The van der Waals surface area contributed by atoms with Crippen molar-refractivity contribution >= 4 is 11.9 Å². The van der Waals surface area contributed by atoms with Crippen LogP contribution < -0.4 is 11.5 Å². The van der Waals surface area contributed by atoms with Crippen molar-refractivity contribution in [2.75, 3.05) is 13.2 Å². The molecule has 0 aliphatic carbocycles. The molecule has 1 saturated heterocycles. The van der Waals surface area contributed by atoms with Gasteiger partial charge in [-0.05, 0) is 13.8 Å². The van der Waals surface area contributed by atoms with Gasteiger partial charge in [0.25, 0.3) is 0 Å². The maximum Gasteiger partial charge on any atom is 0.221 e. The normalized spacial score (nSPS) is 27.1. The van der Waals surface area contributed by atoms with Crippen LogP contribution in [0, 0.1) is 5.41 Å². The van der Waals surface area contributed by atoms with E-state index in [4.69, 9.17) is 21.6 Å². The molecule has 0 spiro atoms. The van der Waals surface area contributed by atoms with E-state index in [-0.39, 0.29) is 24.1 Å². The number of rotatable bonds is 0. The van der Waals surface area contributed by atoms with E-state index in [0.29, 0.717) is 13.2 Å². The third-order valence-corrected chi connectivity index (χ3v) is 2.11. The average Bonchev–Trinajstić information content (AvgIpc) is 2.08. The van der Waals surface area contributed by atoms with Crippen LogP contribution in [0.3, 0.4) is 0 Å². The van der Waals surface area contributed by atoms with Crippen molar-refractivity contribution in [1.82, 2.24) is 4.90 Å². The highest BCUT2D eigenvalue weighted by Crippen LogP contribution is 2.11. The Balaban J connectivity index is 2.65. The van der Waals surface area contributed by atoms with Crippen LogP contribution in [0.1, 0.15) is 13.8 Å². The van der Waals surface area contributed by atoms with E-state index in [1.807, 2.05) is 18.7 Å². The van der Waals surface area contributed by atoms with Gasteiger partial charge in [-0.25, -0.2) is 0 Å². The summed E-state index contributed by atoms with van der Waals surface area (Å²) in [5.41, 5.74) is 10.4. The van der Waals surface area contributed by atoms with Crippen LogP contribution in [0.15, 0.2) is 4.99 Å². The maximum absolute atomic E-state index is 7.66. The molecule has 1 fully saturated rings. The summed E-state index contributed by atoms with van der Waals surface area (Å²) in [7, 11) is 0. The lowest BCUT2D eigenvalue weighted by Crippen LogP contribution is -2.50. The number of hydrogen-bond donors (Lipinski definition) is 3. The van der Waals surface area contributed by atoms with Crippen LogP contribution in [0.25, 0.3) is 0 Å². The minimum Gasteiger partial charge on any atom is -0.375 e. The van der Waals surface area contributed by atoms with Gasteiger partial charge >= 0.3 is 0 Å². The van der Waals surface area contributed by atoms with Crippen molar-refractivity contribution in [3.05, 3.63) is 0 Å². The molecule has 0 radical (unpaired) electrons.